The lowest BCUT2D eigenvalue weighted by molar-refractivity contribution is 0.0536. The van der Waals surface area contributed by atoms with Crippen LogP contribution in [0.1, 0.15) is 26.2 Å². The average Bonchev–Trinajstić information content (AvgIpc) is 3.16. The molecule has 1 aromatic heterocycles. The maximum Gasteiger partial charge on any atom is 0.193 e. The number of nitrogens with zero attached hydrogens (tertiary/aromatic N) is 3. The fourth-order valence-electron chi connectivity index (χ4n) is 3.08. The minimum Gasteiger partial charge on any atom is -0.382 e. The number of aliphatic imine (C=N–C) groups is 1. The number of nitrogens with one attached hydrogen (secondary N) is 2. The van der Waals surface area contributed by atoms with Gasteiger partial charge in [0.2, 0.25) is 0 Å². The maximum absolute atomic E-state index is 5.68. The molecule has 0 radical (unpaired) electrons. The van der Waals surface area contributed by atoms with Crippen molar-refractivity contribution in [1.29, 1.82) is 0 Å². The number of likely N-dealkylation sites (tertiary alicyclic amines) is 1. The molecule has 0 amide bonds. The maximum atomic E-state index is 5.68. The highest BCUT2D eigenvalue weighted by molar-refractivity contribution is 5.80. The van der Waals surface area contributed by atoms with Gasteiger partial charge >= 0.3 is 0 Å². The lowest BCUT2D eigenvalue weighted by atomic mass is 10.1. The van der Waals surface area contributed by atoms with E-state index in [-0.39, 0.29) is 0 Å². The molecule has 1 fully saturated rings. The second-order valence-corrected chi connectivity index (χ2v) is 6.75. The van der Waals surface area contributed by atoms with Crippen LogP contribution in [0, 0.1) is 5.92 Å². The third-order valence-electron chi connectivity index (χ3n) is 4.52. The summed E-state index contributed by atoms with van der Waals surface area (Å²) in [7, 11) is 1.70. The summed E-state index contributed by atoms with van der Waals surface area (Å²) in [5, 5.41) is 6.77. The summed E-state index contributed by atoms with van der Waals surface area (Å²) in [6.45, 7) is 8.98. The molecule has 0 spiro atoms. The quantitative estimate of drug-likeness (QED) is 0.331. The number of pyridine rings is 1. The van der Waals surface area contributed by atoms with E-state index in [0.29, 0.717) is 19.1 Å². The second-order valence-electron chi connectivity index (χ2n) is 6.75. The Morgan fingerprint density at radius 3 is 3.04 bits per heavy atom. The summed E-state index contributed by atoms with van der Waals surface area (Å²) >= 11 is 0. The van der Waals surface area contributed by atoms with Crippen molar-refractivity contribution in [2.45, 2.75) is 26.2 Å². The van der Waals surface area contributed by atoms with E-state index < -0.39 is 0 Å². The number of ether oxygens (including phenoxy) is 2. The zero-order valence-corrected chi connectivity index (χ0v) is 16.8. The number of aromatic nitrogens is 1. The van der Waals surface area contributed by atoms with Gasteiger partial charge in [0.05, 0.1) is 19.8 Å². The van der Waals surface area contributed by atoms with E-state index in [9.17, 15) is 0 Å². The first-order valence-corrected chi connectivity index (χ1v) is 10.1. The molecule has 1 atom stereocenters. The van der Waals surface area contributed by atoms with E-state index in [0.717, 1.165) is 70.4 Å². The highest BCUT2D eigenvalue weighted by atomic mass is 16.5. The monoisotopic (exact) mass is 377 g/mol. The van der Waals surface area contributed by atoms with Crippen LogP contribution in [0.15, 0.2) is 29.4 Å². The molecule has 0 aromatic carbocycles. The lowest BCUT2D eigenvalue weighted by Crippen LogP contribution is -2.40. The van der Waals surface area contributed by atoms with Crippen LogP contribution in [0.5, 0.6) is 0 Å². The summed E-state index contributed by atoms with van der Waals surface area (Å²) in [4.78, 5) is 11.4. The Bertz CT molecular complexity index is 526. The normalized spacial score (nSPS) is 17.3. The van der Waals surface area contributed by atoms with Crippen molar-refractivity contribution >= 4 is 11.8 Å². The first-order chi connectivity index (χ1) is 13.3. The van der Waals surface area contributed by atoms with Gasteiger partial charge in [-0.1, -0.05) is 6.07 Å². The van der Waals surface area contributed by atoms with Crippen molar-refractivity contribution in [3.05, 3.63) is 24.4 Å². The van der Waals surface area contributed by atoms with Gasteiger partial charge in [-0.2, -0.15) is 0 Å². The number of hydrogen-bond acceptors (Lipinski definition) is 5. The number of hydrogen-bond donors (Lipinski definition) is 2. The van der Waals surface area contributed by atoms with Gasteiger partial charge in [-0.25, -0.2) is 4.98 Å². The molecule has 1 unspecified atom stereocenters. The zero-order chi connectivity index (χ0) is 19.2. The van der Waals surface area contributed by atoms with Crippen LogP contribution in [0.4, 0.5) is 5.82 Å². The van der Waals surface area contributed by atoms with Gasteiger partial charge in [-0.05, 0) is 38.3 Å². The van der Waals surface area contributed by atoms with Crippen LogP contribution < -0.4 is 10.6 Å². The molecule has 1 aliphatic rings. The number of unbranched alkanes of at least 4 members (excludes halogenated alkanes) is 1. The van der Waals surface area contributed by atoms with E-state index in [1.165, 1.54) is 0 Å². The molecule has 0 bridgehead atoms. The minimum absolute atomic E-state index is 0.577. The largest absolute Gasteiger partial charge is 0.382 e. The fraction of sp³-hybridized carbons (Fsp3) is 0.700. The Kier molecular flexibility index (Phi) is 10.6. The first kappa shape index (κ1) is 21.4. The van der Waals surface area contributed by atoms with Gasteiger partial charge in [0.15, 0.2) is 5.96 Å². The minimum atomic E-state index is 0.577. The van der Waals surface area contributed by atoms with Crippen LogP contribution in [0.3, 0.4) is 0 Å². The van der Waals surface area contributed by atoms with Crippen LogP contribution >= 0.6 is 0 Å². The van der Waals surface area contributed by atoms with Gasteiger partial charge in [0.25, 0.3) is 0 Å². The molecule has 27 heavy (non-hydrogen) atoms. The predicted molar refractivity (Wildman–Crippen MR) is 110 cm³/mol. The van der Waals surface area contributed by atoms with E-state index in [2.05, 4.69) is 27.4 Å². The highest BCUT2D eigenvalue weighted by Crippen LogP contribution is 2.16. The SMILES string of the molecule is CCNC(=NCCCCNc1ccccn1)N1CCC(COCCOC)C1. The Hall–Kier alpha value is -1.86. The third-order valence-corrected chi connectivity index (χ3v) is 4.52. The molecule has 7 heteroatoms. The highest BCUT2D eigenvalue weighted by Gasteiger charge is 2.24. The van der Waals surface area contributed by atoms with E-state index in [4.69, 9.17) is 14.5 Å². The van der Waals surface area contributed by atoms with Crippen LogP contribution in [-0.2, 0) is 9.47 Å². The van der Waals surface area contributed by atoms with Crippen LogP contribution in [0.25, 0.3) is 0 Å². The predicted octanol–water partition coefficient (Wildman–Crippen LogP) is 2.22. The fourth-order valence-corrected chi connectivity index (χ4v) is 3.08. The first-order valence-electron chi connectivity index (χ1n) is 10.1. The van der Waals surface area contributed by atoms with Gasteiger partial charge in [-0.15, -0.1) is 0 Å². The summed E-state index contributed by atoms with van der Waals surface area (Å²) in [6, 6.07) is 5.91. The van der Waals surface area contributed by atoms with E-state index >= 15 is 0 Å². The average molecular weight is 378 g/mol. The molecule has 1 aliphatic heterocycles. The molecule has 2 N–H and O–H groups in total. The van der Waals surface area contributed by atoms with E-state index in [1.54, 1.807) is 13.3 Å². The molecular formula is C20H35N5O2. The van der Waals surface area contributed by atoms with Gasteiger partial charge < -0.3 is 25.0 Å². The topological polar surface area (TPSA) is 71.0 Å². The standard InChI is InChI=1S/C20H35N5O2/c1-3-21-20(25-13-9-18(16-25)17-27-15-14-26-2)24-12-7-6-11-23-19-8-4-5-10-22-19/h4-5,8,10,18H,3,6-7,9,11-17H2,1-2H3,(H,21,24)(H,22,23). The second kappa shape index (κ2) is 13.3. The zero-order valence-electron chi connectivity index (χ0n) is 16.8. The number of anilines is 1. The molecule has 2 rings (SSSR count). The molecule has 0 saturated carbocycles. The summed E-state index contributed by atoms with van der Waals surface area (Å²) in [5.41, 5.74) is 0. The van der Waals surface area contributed by atoms with Crippen molar-refractivity contribution in [3.8, 4) is 0 Å². The van der Waals surface area contributed by atoms with E-state index in [1.807, 2.05) is 18.2 Å². The number of guanidine groups is 1. The Labute approximate surface area is 163 Å². The summed E-state index contributed by atoms with van der Waals surface area (Å²) in [5.74, 6) is 2.55. The summed E-state index contributed by atoms with van der Waals surface area (Å²) < 4.78 is 10.7. The van der Waals surface area contributed by atoms with Gasteiger partial charge in [-0.3, -0.25) is 4.99 Å². The molecule has 152 valence electrons. The summed E-state index contributed by atoms with van der Waals surface area (Å²) in [6.07, 6.45) is 5.11. The Balaban J connectivity index is 1.64. The van der Waals surface area contributed by atoms with Gasteiger partial charge in [0.1, 0.15) is 5.82 Å². The lowest BCUT2D eigenvalue weighted by Gasteiger charge is -2.21. The van der Waals surface area contributed by atoms with Gasteiger partial charge in [0, 0.05) is 51.9 Å². The van der Waals surface area contributed by atoms with Crippen molar-refractivity contribution < 1.29 is 9.47 Å². The Morgan fingerprint density at radius 2 is 2.26 bits per heavy atom. The number of methoxy groups -OCH3 is 1. The molecular weight excluding hydrogens is 342 g/mol. The molecule has 1 saturated heterocycles. The molecule has 0 aliphatic carbocycles. The molecule has 2 heterocycles. The molecule has 1 aromatic rings. The van der Waals surface area contributed by atoms with Crippen molar-refractivity contribution in [2.24, 2.45) is 10.9 Å². The van der Waals surface area contributed by atoms with Crippen LogP contribution in [-0.4, -0.2) is 75.5 Å². The third kappa shape index (κ3) is 8.58. The van der Waals surface area contributed by atoms with Crippen LogP contribution in [0.2, 0.25) is 0 Å². The van der Waals surface area contributed by atoms with Crippen molar-refractivity contribution in [3.63, 3.8) is 0 Å². The van der Waals surface area contributed by atoms with Crippen molar-refractivity contribution in [2.75, 3.05) is 65.0 Å². The van der Waals surface area contributed by atoms with Crippen molar-refractivity contribution in [1.82, 2.24) is 15.2 Å². The number of rotatable bonds is 12. The smallest absolute Gasteiger partial charge is 0.193 e. The molecule has 7 nitrogen and oxygen atoms in total. The Morgan fingerprint density at radius 1 is 1.33 bits per heavy atom.